The number of para-hydroxylation sites is 1. The SMILES string of the molecule is O=C(/C=C/c1ccccc1)Oc1ccc(/C=N\NC(=O)C(=O)Nc2ccccc2C(=O)Nc2ccc(Br)cc2)cc1. The van der Waals surface area contributed by atoms with Crippen molar-refractivity contribution in [3.05, 3.63) is 130 Å². The third-order valence-corrected chi connectivity index (χ3v) is 5.95. The van der Waals surface area contributed by atoms with E-state index >= 15 is 0 Å². The van der Waals surface area contributed by atoms with E-state index in [2.05, 4.69) is 37.1 Å². The van der Waals surface area contributed by atoms with E-state index in [1.54, 1.807) is 66.7 Å². The van der Waals surface area contributed by atoms with Crippen molar-refractivity contribution < 1.29 is 23.9 Å². The number of rotatable bonds is 8. The number of hydrogen-bond acceptors (Lipinski definition) is 6. The van der Waals surface area contributed by atoms with Gasteiger partial charge in [0.25, 0.3) is 5.91 Å². The van der Waals surface area contributed by atoms with Crippen LogP contribution in [-0.2, 0) is 14.4 Å². The minimum atomic E-state index is -1.03. The van der Waals surface area contributed by atoms with Crippen LogP contribution in [0.15, 0.2) is 119 Å². The molecule has 0 heterocycles. The molecule has 0 aliphatic heterocycles. The Labute approximate surface area is 244 Å². The van der Waals surface area contributed by atoms with Gasteiger partial charge in [0.2, 0.25) is 0 Å². The van der Waals surface area contributed by atoms with Crippen LogP contribution in [0.5, 0.6) is 5.75 Å². The summed E-state index contributed by atoms with van der Waals surface area (Å²) in [4.78, 5) is 49.5. The predicted molar refractivity (Wildman–Crippen MR) is 160 cm³/mol. The Bertz CT molecular complexity index is 1600. The Morgan fingerprint density at radius 2 is 1.39 bits per heavy atom. The van der Waals surface area contributed by atoms with Crippen molar-refractivity contribution in [1.29, 1.82) is 0 Å². The number of carbonyl (C=O) groups is 4. The quantitative estimate of drug-likeness (QED) is 0.0614. The molecule has 0 aliphatic carbocycles. The summed E-state index contributed by atoms with van der Waals surface area (Å²) in [5.74, 6) is -2.68. The van der Waals surface area contributed by atoms with E-state index in [0.29, 0.717) is 17.0 Å². The maximum Gasteiger partial charge on any atom is 0.336 e. The third kappa shape index (κ3) is 8.84. The molecule has 0 aromatic heterocycles. The lowest BCUT2D eigenvalue weighted by atomic mass is 10.1. The lowest BCUT2D eigenvalue weighted by Crippen LogP contribution is -2.33. The first-order valence-corrected chi connectivity index (χ1v) is 13.0. The van der Waals surface area contributed by atoms with Gasteiger partial charge < -0.3 is 15.4 Å². The Balaban J connectivity index is 1.28. The van der Waals surface area contributed by atoms with E-state index < -0.39 is 23.7 Å². The Morgan fingerprint density at radius 1 is 0.707 bits per heavy atom. The molecule has 0 radical (unpaired) electrons. The van der Waals surface area contributed by atoms with Crippen LogP contribution in [0, 0.1) is 0 Å². The Kier molecular flexibility index (Phi) is 9.89. The molecule has 0 saturated heterocycles. The van der Waals surface area contributed by atoms with Crippen molar-refractivity contribution in [3.8, 4) is 5.75 Å². The lowest BCUT2D eigenvalue weighted by molar-refractivity contribution is -0.136. The second-order valence-electron chi connectivity index (χ2n) is 8.39. The highest BCUT2D eigenvalue weighted by molar-refractivity contribution is 9.10. The van der Waals surface area contributed by atoms with Crippen LogP contribution >= 0.6 is 15.9 Å². The maximum atomic E-state index is 12.7. The number of nitrogens with zero attached hydrogens (tertiary/aromatic N) is 1. The summed E-state index contributed by atoms with van der Waals surface area (Å²) in [6.45, 7) is 0. The number of nitrogens with one attached hydrogen (secondary N) is 3. The van der Waals surface area contributed by atoms with Crippen LogP contribution in [0.3, 0.4) is 0 Å². The number of benzene rings is 4. The second kappa shape index (κ2) is 14.2. The van der Waals surface area contributed by atoms with Crippen molar-refractivity contribution in [1.82, 2.24) is 5.43 Å². The molecule has 4 rings (SSSR count). The minimum absolute atomic E-state index is 0.162. The number of amides is 3. The first kappa shape index (κ1) is 28.7. The smallest absolute Gasteiger partial charge is 0.336 e. The summed E-state index contributed by atoms with van der Waals surface area (Å²) in [7, 11) is 0. The molecule has 4 aromatic rings. The van der Waals surface area contributed by atoms with Crippen molar-refractivity contribution in [2.45, 2.75) is 0 Å². The molecular formula is C31H23BrN4O5. The van der Waals surface area contributed by atoms with Crippen LogP contribution in [0.4, 0.5) is 11.4 Å². The number of anilines is 2. The zero-order valence-electron chi connectivity index (χ0n) is 21.4. The van der Waals surface area contributed by atoms with Crippen LogP contribution in [0.1, 0.15) is 21.5 Å². The van der Waals surface area contributed by atoms with Crippen molar-refractivity contribution in [2.24, 2.45) is 5.10 Å². The fourth-order valence-corrected chi connectivity index (χ4v) is 3.68. The van der Waals surface area contributed by atoms with Gasteiger partial charge in [-0.05, 0) is 77.9 Å². The molecule has 3 N–H and O–H groups in total. The van der Waals surface area contributed by atoms with E-state index in [1.807, 2.05) is 30.3 Å². The Morgan fingerprint density at radius 3 is 2.12 bits per heavy atom. The monoisotopic (exact) mass is 610 g/mol. The highest BCUT2D eigenvalue weighted by atomic mass is 79.9. The van der Waals surface area contributed by atoms with Gasteiger partial charge in [-0.15, -0.1) is 0 Å². The second-order valence-corrected chi connectivity index (χ2v) is 9.31. The molecule has 9 nitrogen and oxygen atoms in total. The number of esters is 1. The molecule has 3 amide bonds. The van der Waals surface area contributed by atoms with Gasteiger partial charge >= 0.3 is 17.8 Å². The number of hydrazone groups is 1. The standard InChI is InChI=1S/C31H23BrN4O5/c32-23-13-15-24(16-14-23)34-29(38)26-8-4-5-9-27(26)35-30(39)31(40)36-33-20-22-10-17-25(18-11-22)41-28(37)19-12-21-6-2-1-3-7-21/h1-20H,(H,34,38)(H,35,39)(H,36,40)/b19-12+,33-20-. The molecule has 0 spiro atoms. The molecule has 10 heteroatoms. The summed E-state index contributed by atoms with van der Waals surface area (Å²) in [6.07, 6.45) is 4.31. The molecule has 0 atom stereocenters. The van der Waals surface area contributed by atoms with Crippen molar-refractivity contribution >= 4 is 63.3 Å². The van der Waals surface area contributed by atoms with Gasteiger partial charge in [-0.3, -0.25) is 14.4 Å². The molecule has 0 bridgehead atoms. The van der Waals surface area contributed by atoms with E-state index in [1.165, 1.54) is 24.4 Å². The summed E-state index contributed by atoms with van der Waals surface area (Å²) < 4.78 is 6.13. The fraction of sp³-hybridized carbons (Fsp3) is 0. The predicted octanol–water partition coefficient (Wildman–Crippen LogP) is 5.41. The topological polar surface area (TPSA) is 126 Å². The normalized spacial score (nSPS) is 10.8. The van der Waals surface area contributed by atoms with Crippen molar-refractivity contribution in [2.75, 3.05) is 10.6 Å². The average molecular weight is 611 g/mol. The van der Waals surface area contributed by atoms with E-state index in [4.69, 9.17) is 4.74 Å². The van der Waals surface area contributed by atoms with Gasteiger partial charge in [-0.1, -0.05) is 58.4 Å². The molecule has 4 aromatic carbocycles. The van der Waals surface area contributed by atoms with Crippen LogP contribution < -0.4 is 20.8 Å². The van der Waals surface area contributed by atoms with E-state index in [0.717, 1.165) is 10.0 Å². The van der Waals surface area contributed by atoms with Crippen LogP contribution in [0.2, 0.25) is 0 Å². The minimum Gasteiger partial charge on any atom is -0.423 e. The van der Waals surface area contributed by atoms with Gasteiger partial charge in [-0.25, -0.2) is 10.2 Å². The molecule has 41 heavy (non-hydrogen) atoms. The highest BCUT2D eigenvalue weighted by Gasteiger charge is 2.17. The molecule has 204 valence electrons. The largest absolute Gasteiger partial charge is 0.423 e. The van der Waals surface area contributed by atoms with Gasteiger partial charge in [0, 0.05) is 16.2 Å². The van der Waals surface area contributed by atoms with Crippen LogP contribution in [-0.4, -0.2) is 29.9 Å². The number of carbonyl (C=O) groups excluding carboxylic acids is 4. The summed E-state index contributed by atoms with van der Waals surface area (Å²) in [5.41, 5.74) is 4.51. The van der Waals surface area contributed by atoms with E-state index in [9.17, 15) is 19.2 Å². The lowest BCUT2D eigenvalue weighted by Gasteiger charge is -2.11. The first-order chi connectivity index (χ1) is 19.9. The number of hydrogen-bond donors (Lipinski definition) is 3. The average Bonchev–Trinajstić information content (AvgIpc) is 2.99. The fourth-order valence-electron chi connectivity index (χ4n) is 3.42. The van der Waals surface area contributed by atoms with Crippen molar-refractivity contribution in [3.63, 3.8) is 0 Å². The molecular weight excluding hydrogens is 588 g/mol. The molecule has 0 unspecified atom stereocenters. The van der Waals surface area contributed by atoms with Gasteiger partial charge in [0.05, 0.1) is 17.5 Å². The van der Waals surface area contributed by atoms with E-state index in [-0.39, 0.29) is 11.3 Å². The zero-order valence-corrected chi connectivity index (χ0v) is 23.0. The highest BCUT2D eigenvalue weighted by Crippen LogP contribution is 2.19. The first-order valence-electron chi connectivity index (χ1n) is 12.2. The van der Waals surface area contributed by atoms with Gasteiger partial charge in [-0.2, -0.15) is 5.10 Å². The van der Waals surface area contributed by atoms with Crippen LogP contribution in [0.25, 0.3) is 6.08 Å². The Hall–Kier alpha value is -5.35. The molecule has 0 fully saturated rings. The summed E-state index contributed by atoms with van der Waals surface area (Å²) >= 11 is 3.34. The summed E-state index contributed by atoms with van der Waals surface area (Å²) in [6, 6.07) is 29.1. The molecule has 0 aliphatic rings. The zero-order chi connectivity index (χ0) is 29.0. The number of ether oxygens (including phenoxy) is 1. The molecule has 0 saturated carbocycles. The summed E-state index contributed by atoms with van der Waals surface area (Å²) in [5, 5.41) is 8.97. The number of halogens is 1. The maximum absolute atomic E-state index is 12.7. The third-order valence-electron chi connectivity index (χ3n) is 5.42. The van der Waals surface area contributed by atoms with Gasteiger partial charge in [0.1, 0.15) is 5.75 Å². The van der Waals surface area contributed by atoms with Gasteiger partial charge in [0.15, 0.2) is 0 Å².